The minimum atomic E-state index is 0.770. The fourth-order valence-electron chi connectivity index (χ4n) is 2.65. The molecule has 108 valence electrons. The summed E-state index contributed by atoms with van der Waals surface area (Å²) in [5.41, 5.74) is 2.71. The Morgan fingerprint density at radius 3 is 1.84 bits per heavy atom. The number of fused-ring (bicyclic) bond motifs is 1. The summed E-state index contributed by atoms with van der Waals surface area (Å²) < 4.78 is 5.49. The highest BCUT2D eigenvalue weighted by Crippen LogP contribution is 2.32. The molecule has 2 aliphatic heterocycles. The van der Waals surface area contributed by atoms with Crippen molar-refractivity contribution in [2.24, 2.45) is 11.8 Å². The van der Waals surface area contributed by atoms with Crippen LogP contribution < -0.4 is 4.90 Å². The molecule has 2 heterocycles. The summed E-state index contributed by atoms with van der Waals surface area (Å²) >= 11 is 0. The normalized spacial score (nSPS) is 23.9. The molecule has 0 aliphatic carbocycles. The number of nitrogens with zero attached hydrogens (tertiary/aromatic N) is 1. The Hall–Kier alpha value is -1.02. The van der Waals surface area contributed by atoms with Crippen LogP contribution in [0.25, 0.3) is 0 Å². The number of aryl methyl sites for hydroxylation is 1. The molecule has 2 saturated heterocycles. The summed E-state index contributed by atoms with van der Waals surface area (Å²) in [6, 6.07) is 8.86. The Balaban J connectivity index is 0.000000415. The van der Waals surface area contributed by atoms with Gasteiger partial charge in [0.2, 0.25) is 0 Å². The highest BCUT2D eigenvalue weighted by Gasteiger charge is 2.36. The third-order valence-electron chi connectivity index (χ3n) is 3.64. The average molecular weight is 263 g/mol. The van der Waals surface area contributed by atoms with Gasteiger partial charge in [-0.2, -0.15) is 0 Å². The van der Waals surface area contributed by atoms with Gasteiger partial charge in [-0.05, 0) is 19.1 Å². The first-order chi connectivity index (χ1) is 9.33. The zero-order chi connectivity index (χ0) is 14.3. The van der Waals surface area contributed by atoms with Gasteiger partial charge < -0.3 is 9.64 Å². The number of hydrogen-bond donors (Lipinski definition) is 0. The summed E-state index contributed by atoms with van der Waals surface area (Å²) in [7, 11) is 0. The van der Waals surface area contributed by atoms with Crippen molar-refractivity contribution in [3.8, 4) is 0 Å². The van der Waals surface area contributed by atoms with Gasteiger partial charge in [0.15, 0.2) is 0 Å². The van der Waals surface area contributed by atoms with Gasteiger partial charge in [0.1, 0.15) is 0 Å². The maximum Gasteiger partial charge on any atom is 0.0515 e. The fraction of sp³-hybridized carbons (Fsp3) is 0.647. The molecule has 2 unspecified atom stereocenters. The van der Waals surface area contributed by atoms with Crippen LogP contribution in [0.2, 0.25) is 0 Å². The minimum absolute atomic E-state index is 0.770. The molecule has 2 heteroatoms. The molecule has 0 saturated carbocycles. The maximum atomic E-state index is 5.49. The predicted octanol–water partition coefficient (Wildman–Crippen LogP) is 4.13. The van der Waals surface area contributed by atoms with Crippen LogP contribution in [0.4, 0.5) is 5.69 Å². The molecule has 2 fully saturated rings. The lowest BCUT2D eigenvalue weighted by Gasteiger charge is -2.19. The SMILES string of the molecule is CC.CC.Cc1ccc(N2CC3COCC3C2)cc1. The van der Waals surface area contributed by atoms with Crippen molar-refractivity contribution in [2.45, 2.75) is 34.6 Å². The summed E-state index contributed by atoms with van der Waals surface area (Å²) in [6.07, 6.45) is 0. The minimum Gasteiger partial charge on any atom is -0.381 e. The van der Waals surface area contributed by atoms with Crippen LogP contribution in [-0.2, 0) is 4.74 Å². The Morgan fingerprint density at radius 2 is 1.37 bits per heavy atom. The zero-order valence-corrected chi connectivity index (χ0v) is 13.1. The second kappa shape index (κ2) is 8.21. The van der Waals surface area contributed by atoms with Gasteiger partial charge in [0, 0.05) is 30.6 Å². The highest BCUT2D eigenvalue weighted by atomic mass is 16.5. The fourth-order valence-corrected chi connectivity index (χ4v) is 2.65. The van der Waals surface area contributed by atoms with E-state index >= 15 is 0 Å². The molecular weight excluding hydrogens is 234 g/mol. The molecule has 2 atom stereocenters. The zero-order valence-electron chi connectivity index (χ0n) is 13.1. The van der Waals surface area contributed by atoms with E-state index in [1.807, 2.05) is 27.7 Å². The Kier molecular flexibility index (Phi) is 6.93. The molecular formula is C17H29NO. The molecule has 0 spiro atoms. The van der Waals surface area contributed by atoms with E-state index in [9.17, 15) is 0 Å². The quantitative estimate of drug-likeness (QED) is 0.755. The van der Waals surface area contributed by atoms with E-state index in [-0.39, 0.29) is 0 Å². The van der Waals surface area contributed by atoms with E-state index in [0.29, 0.717) is 0 Å². The molecule has 3 rings (SSSR count). The average Bonchev–Trinajstić information content (AvgIpc) is 3.05. The van der Waals surface area contributed by atoms with Crippen LogP contribution in [0.15, 0.2) is 24.3 Å². The first-order valence-electron chi connectivity index (χ1n) is 7.72. The van der Waals surface area contributed by atoms with E-state index in [4.69, 9.17) is 4.74 Å². The lowest BCUT2D eigenvalue weighted by Crippen LogP contribution is -2.21. The van der Waals surface area contributed by atoms with Crippen molar-refractivity contribution in [1.82, 2.24) is 0 Å². The van der Waals surface area contributed by atoms with Crippen LogP contribution in [0.3, 0.4) is 0 Å². The molecule has 1 aromatic carbocycles. The Morgan fingerprint density at radius 1 is 0.895 bits per heavy atom. The van der Waals surface area contributed by atoms with Crippen LogP contribution in [0.1, 0.15) is 33.3 Å². The van der Waals surface area contributed by atoms with Gasteiger partial charge in [0.05, 0.1) is 13.2 Å². The van der Waals surface area contributed by atoms with Gasteiger partial charge in [-0.15, -0.1) is 0 Å². The predicted molar refractivity (Wildman–Crippen MR) is 83.9 cm³/mol. The van der Waals surface area contributed by atoms with E-state index in [1.165, 1.54) is 24.3 Å². The summed E-state index contributed by atoms with van der Waals surface area (Å²) in [5, 5.41) is 0. The van der Waals surface area contributed by atoms with Gasteiger partial charge in [-0.25, -0.2) is 0 Å². The molecule has 1 aromatic rings. The molecule has 0 radical (unpaired) electrons. The van der Waals surface area contributed by atoms with E-state index in [2.05, 4.69) is 36.1 Å². The number of rotatable bonds is 1. The first-order valence-corrected chi connectivity index (χ1v) is 7.72. The Bertz CT molecular complexity index is 335. The summed E-state index contributed by atoms with van der Waals surface area (Å²) in [5.74, 6) is 1.54. The van der Waals surface area contributed by atoms with E-state index < -0.39 is 0 Å². The molecule has 0 bridgehead atoms. The van der Waals surface area contributed by atoms with Crippen molar-refractivity contribution in [1.29, 1.82) is 0 Å². The monoisotopic (exact) mass is 263 g/mol. The largest absolute Gasteiger partial charge is 0.381 e. The molecule has 0 N–H and O–H groups in total. The summed E-state index contributed by atoms with van der Waals surface area (Å²) in [6.45, 7) is 14.4. The molecule has 2 aliphatic rings. The first kappa shape index (κ1) is 16.0. The van der Waals surface area contributed by atoms with Gasteiger partial charge >= 0.3 is 0 Å². The third kappa shape index (κ3) is 3.97. The number of benzene rings is 1. The van der Waals surface area contributed by atoms with Crippen molar-refractivity contribution in [3.05, 3.63) is 29.8 Å². The van der Waals surface area contributed by atoms with Gasteiger partial charge in [0.25, 0.3) is 0 Å². The lowest BCUT2D eigenvalue weighted by atomic mass is 10.0. The third-order valence-corrected chi connectivity index (χ3v) is 3.64. The second-order valence-electron chi connectivity index (χ2n) is 4.80. The molecule has 0 aromatic heterocycles. The Labute approximate surface area is 118 Å². The topological polar surface area (TPSA) is 12.5 Å². The lowest BCUT2D eigenvalue weighted by molar-refractivity contribution is 0.177. The molecule has 19 heavy (non-hydrogen) atoms. The number of ether oxygens (including phenoxy) is 1. The van der Waals surface area contributed by atoms with Crippen molar-refractivity contribution in [3.63, 3.8) is 0 Å². The maximum absolute atomic E-state index is 5.49. The van der Waals surface area contributed by atoms with Crippen molar-refractivity contribution >= 4 is 5.69 Å². The van der Waals surface area contributed by atoms with Gasteiger partial charge in [-0.3, -0.25) is 0 Å². The van der Waals surface area contributed by atoms with E-state index in [1.54, 1.807) is 0 Å². The van der Waals surface area contributed by atoms with Gasteiger partial charge in [-0.1, -0.05) is 45.4 Å². The van der Waals surface area contributed by atoms with E-state index in [0.717, 1.165) is 25.0 Å². The van der Waals surface area contributed by atoms with Crippen LogP contribution in [0, 0.1) is 18.8 Å². The summed E-state index contributed by atoms with van der Waals surface area (Å²) in [4.78, 5) is 2.50. The van der Waals surface area contributed by atoms with Crippen LogP contribution in [0.5, 0.6) is 0 Å². The van der Waals surface area contributed by atoms with Crippen molar-refractivity contribution in [2.75, 3.05) is 31.2 Å². The molecule has 0 amide bonds. The standard InChI is InChI=1S/C13H17NO.2C2H6/c1-10-2-4-13(5-3-10)14-6-11-8-15-9-12(11)7-14;2*1-2/h2-5,11-12H,6-9H2,1H3;2*1-2H3. The van der Waals surface area contributed by atoms with Crippen LogP contribution in [-0.4, -0.2) is 26.3 Å². The number of hydrogen-bond acceptors (Lipinski definition) is 2. The van der Waals surface area contributed by atoms with Crippen molar-refractivity contribution < 1.29 is 4.74 Å². The smallest absolute Gasteiger partial charge is 0.0515 e. The molecule has 2 nitrogen and oxygen atoms in total. The second-order valence-corrected chi connectivity index (χ2v) is 4.80. The van der Waals surface area contributed by atoms with Crippen LogP contribution >= 0.6 is 0 Å². The number of anilines is 1. The highest BCUT2D eigenvalue weighted by molar-refractivity contribution is 5.48.